The topological polar surface area (TPSA) is 78.9 Å². The summed E-state index contributed by atoms with van der Waals surface area (Å²) in [5.74, 6) is 0.608. The lowest BCUT2D eigenvalue weighted by Crippen LogP contribution is -2.46. The maximum absolute atomic E-state index is 12.6. The molecule has 0 saturated carbocycles. The Hall–Kier alpha value is -2.23. The minimum Gasteiger partial charge on any atom is -0.475 e. The van der Waals surface area contributed by atoms with Crippen LogP contribution in [0.4, 0.5) is 13.2 Å². The van der Waals surface area contributed by atoms with E-state index in [-0.39, 0.29) is 29.5 Å². The second-order valence-corrected chi connectivity index (χ2v) is 6.59. The van der Waals surface area contributed by atoms with E-state index in [0.717, 1.165) is 12.5 Å². The number of halogens is 4. The number of nitrogens with zero attached hydrogens (tertiary/aromatic N) is 3. The van der Waals surface area contributed by atoms with Crippen LogP contribution in [-0.4, -0.2) is 61.1 Å². The van der Waals surface area contributed by atoms with Crippen LogP contribution >= 0.6 is 11.6 Å². The number of likely N-dealkylation sites (tertiary alicyclic amines) is 1. The predicted molar refractivity (Wildman–Crippen MR) is 99.5 cm³/mol. The standard InChI is InChI=1S/C17H23ClF3N5O2/c1-3-14(27)26-6-4-12(10-26)25-16(22-2)23-5-7-28-15-13(18)8-11(9-24-15)17(19,20)21/h8-9,12H,3-7,10H2,1-2H3,(H2,22,23,25). The number of hydrogen-bond acceptors (Lipinski definition) is 4. The van der Waals surface area contributed by atoms with Crippen LogP contribution in [0.2, 0.25) is 5.02 Å². The van der Waals surface area contributed by atoms with Gasteiger partial charge in [-0.25, -0.2) is 4.98 Å². The molecule has 1 atom stereocenters. The molecular weight excluding hydrogens is 399 g/mol. The molecule has 11 heteroatoms. The van der Waals surface area contributed by atoms with Crippen molar-refractivity contribution >= 4 is 23.5 Å². The van der Waals surface area contributed by atoms with Crippen molar-refractivity contribution < 1.29 is 22.7 Å². The van der Waals surface area contributed by atoms with Crippen LogP contribution < -0.4 is 15.4 Å². The van der Waals surface area contributed by atoms with Crippen LogP contribution in [0.1, 0.15) is 25.3 Å². The molecule has 2 N–H and O–H groups in total. The van der Waals surface area contributed by atoms with Gasteiger partial charge in [0, 0.05) is 38.8 Å². The van der Waals surface area contributed by atoms with Gasteiger partial charge in [-0.2, -0.15) is 13.2 Å². The molecule has 1 saturated heterocycles. The Kier molecular flexibility index (Phi) is 7.73. The fraction of sp³-hybridized carbons (Fsp3) is 0.588. The first-order valence-corrected chi connectivity index (χ1v) is 9.22. The van der Waals surface area contributed by atoms with Crippen molar-refractivity contribution in [2.75, 3.05) is 33.3 Å². The van der Waals surface area contributed by atoms with E-state index in [1.54, 1.807) is 7.05 Å². The highest BCUT2D eigenvalue weighted by Crippen LogP contribution is 2.32. The van der Waals surface area contributed by atoms with E-state index >= 15 is 0 Å². The Bertz CT molecular complexity index is 715. The summed E-state index contributed by atoms with van der Waals surface area (Å²) < 4.78 is 43.1. The molecule has 1 fully saturated rings. The van der Waals surface area contributed by atoms with Gasteiger partial charge in [0.05, 0.1) is 12.1 Å². The number of aromatic nitrogens is 1. The van der Waals surface area contributed by atoms with E-state index in [9.17, 15) is 18.0 Å². The number of alkyl halides is 3. The lowest BCUT2D eigenvalue weighted by molar-refractivity contribution is -0.137. The number of guanidine groups is 1. The van der Waals surface area contributed by atoms with Gasteiger partial charge >= 0.3 is 6.18 Å². The molecule has 1 amide bonds. The molecule has 1 unspecified atom stereocenters. The van der Waals surface area contributed by atoms with Crippen molar-refractivity contribution in [1.82, 2.24) is 20.5 Å². The summed E-state index contributed by atoms with van der Waals surface area (Å²) in [5, 5.41) is 6.07. The van der Waals surface area contributed by atoms with Crippen LogP contribution in [0.3, 0.4) is 0 Å². The fourth-order valence-corrected chi connectivity index (χ4v) is 2.94. The van der Waals surface area contributed by atoms with Gasteiger partial charge in [0.2, 0.25) is 11.8 Å². The molecule has 1 aliphatic rings. The van der Waals surface area contributed by atoms with Crippen molar-refractivity contribution in [2.45, 2.75) is 32.0 Å². The zero-order valence-corrected chi connectivity index (χ0v) is 16.4. The summed E-state index contributed by atoms with van der Waals surface area (Å²) in [6.45, 7) is 3.63. The van der Waals surface area contributed by atoms with Crippen molar-refractivity contribution in [3.63, 3.8) is 0 Å². The summed E-state index contributed by atoms with van der Waals surface area (Å²) in [7, 11) is 1.62. The summed E-state index contributed by atoms with van der Waals surface area (Å²) in [6, 6.07) is 0.884. The molecule has 7 nitrogen and oxygen atoms in total. The Balaban J connectivity index is 1.76. The number of rotatable bonds is 6. The van der Waals surface area contributed by atoms with Gasteiger partial charge in [0.25, 0.3) is 0 Å². The largest absolute Gasteiger partial charge is 0.475 e. The molecule has 1 aliphatic heterocycles. The molecule has 2 heterocycles. The summed E-state index contributed by atoms with van der Waals surface area (Å²) in [6.07, 6.45) is -2.52. The zero-order chi connectivity index (χ0) is 20.7. The second kappa shape index (κ2) is 9.81. The number of nitrogens with one attached hydrogen (secondary N) is 2. The molecule has 0 radical (unpaired) electrons. The average molecular weight is 422 g/mol. The zero-order valence-electron chi connectivity index (χ0n) is 15.6. The van der Waals surface area contributed by atoms with Crippen LogP contribution in [0.5, 0.6) is 5.88 Å². The first-order valence-electron chi connectivity index (χ1n) is 8.85. The number of ether oxygens (including phenoxy) is 1. The van der Waals surface area contributed by atoms with Gasteiger partial charge in [0.1, 0.15) is 11.6 Å². The molecule has 1 aromatic rings. The van der Waals surface area contributed by atoms with Gasteiger partial charge in [-0.05, 0) is 12.5 Å². The molecular formula is C17H23ClF3N5O2. The normalized spacial score (nSPS) is 17.6. The number of carbonyl (C=O) groups excluding carboxylic acids is 1. The lowest BCUT2D eigenvalue weighted by atomic mass is 10.3. The third kappa shape index (κ3) is 6.15. The van der Waals surface area contributed by atoms with Crippen molar-refractivity contribution in [3.8, 4) is 5.88 Å². The lowest BCUT2D eigenvalue weighted by Gasteiger charge is -2.18. The Morgan fingerprint density at radius 1 is 1.50 bits per heavy atom. The average Bonchev–Trinajstić information content (AvgIpc) is 3.12. The van der Waals surface area contributed by atoms with Crippen LogP contribution in [0.15, 0.2) is 17.3 Å². The molecule has 2 rings (SSSR count). The van der Waals surface area contributed by atoms with Gasteiger partial charge in [0.15, 0.2) is 5.96 Å². The van der Waals surface area contributed by atoms with Gasteiger partial charge < -0.3 is 20.3 Å². The monoisotopic (exact) mass is 421 g/mol. The summed E-state index contributed by atoms with van der Waals surface area (Å²) in [5.41, 5.74) is -0.931. The minimum absolute atomic E-state index is 0.0658. The van der Waals surface area contributed by atoms with Crippen LogP contribution in [0, 0.1) is 0 Å². The SMILES string of the molecule is CCC(=O)N1CCC(NC(=NC)NCCOc2ncc(C(F)(F)F)cc2Cl)C1. The van der Waals surface area contributed by atoms with E-state index in [0.29, 0.717) is 38.2 Å². The Morgan fingerprint density at radius 2 is 2.25 bits per heavy atom. The van der Waals surface area contributed by atoms with E-state index in [4.69, 9.17) is 16.3 Å². The first kappa shape index (κ1) is 22.1. The van der Waals surface area contributed by atoms with Gasteiger partial charge in [-0.15, -0.1) is 0 Å². The number of aliphatic imine (C=N–C) groups is 1. The number of pyridine rings is 1. The molecule has 1 aromatic heterocycles. The number of hydrogen-bond donors (Lipinski definition) is 2. The highest BCUT2D eigenvalue weighted by atomic mass is 35.5. The molecule has 28 heavy (non-hydrogen) atoms. The smallest absolute Gasteiger partial charge is 0.417 e. The second-order valence-electron chi connectivity index (χ2n) is 6.18. The van der Waals surface area contributed by atoms with Gasteiger partial charge in [-0.3, -0.25) is 9.79 Å². The Labute approximate surface area is 166 Å². The van der Waals surface area contributed by atoms with E-state index in [2.05, 4.69) is 20.6 Å². The minimum atomic E-state index is -4.51. The third-order valence-corrected chi connectivity index (χ3v) is 4.45. The highest BCUT2D eigenvalue weighted by molar-refractivity contribution is 6.31. The fourth-order valence-electron chi connectivity index (χ4n) is 2.72. The molecule has 0 bridgehead atoms. The van der Waals surface area contributed by atoms with Crippen molar-refractivity contribution in [1.29, 1.82) is 0 Å². The van der Waals surface area contributed by atoms with E-state index < -0.39 is 11.7 Å². The van der Waals surface area contributed by atoms with Crippen molar-refractivity contribution in [2.24, 2.45) is 4.99 Å². The predicted octanol–water partition coefficient (Wildman–Crippen LogP) is 2.31. The maximum atomic E-state index is 12.6. The molecule has 0 aliphatic carbocycles. The summed E-state index contributed by atoms with van der Waals surface area (Å²) >= 11 is 5.79. The van der Waals surface area contributed by atoms with Crippen LogP contribution in [0.25, 0.3) is 0 Å². The summed E-state index contributed by atoms with van der Waals surface area (Å²) in [4.78, 5) is 21.3. The molecule has 0 spiro atoms. The molecule has 0 aromatic carbocycles. The quantitative estimate of drug-likeness (QED) is 0.418. The Morgan fingerprint density at radius 3 is 2.86 bits per heavy atom. The van der Waals surface area contributed by atoms with Gasteiger partial charge in [-0.1, -0.05) is 18.5 Å². The van der Waals surface area contributed by atoms with E-state index in [1.807, 2.05) is 11.8 Å². The van der Waals surface area contributed by atoms with E-state index in [1.165, 1.54) is 0 Å². The maximum Gasteiger partial charge on any atom is 0.417 e. The molecule has 156 valence electrons. The number of amides is 1. The van der Waals surface area contributed by atoms with Crippen LogP contribution in [-0.2, 0) is 11.0 Å². The highest BCUT2D eigenvalue weighted by Gasteiger charge is 2.31. The first-order chi connectivity index (χ1) is 13.2. The number of carbonyl (C=O) groups is 1. The van der Waals surface area contributed by atoms with Crippen molar-refractivity contribution in [3.05, 3.63) is 22.8 Å². The third-order valence-electron chi connectivity index (χ3n) is 4.18.